The predicted octanol–water partition coefficient (Wildman–Crippen LogP) is 4.32. The molecule has 0 saturated carbocycles. The van der Waals surface area contributed by atoms with Gasteiger partial charge in [0.1, 0.15) is 23.5 Å². The van der Waals surface area contributed by atoms with Gasteiger partial charge in [-0.2, -0.15) is 5.10 Å². The van der Waals surface area contributed by atoms with Crippen molar-refractivity contribution >= 4 is 23.2 Å². The fraction of sp³-hybridized carbons (Fsp3) is 0.0500. The summed E-state index contributed by atoms with van der Waals surface area (Å²) in [6, 6.07) is 16.1. The molecular formula is C20H16N4O5. The minimum absolute atomic E-state index is 0.0931. The molecule has 9 heteroatoms. The molecule has 2 N–H and O–H groups in total. The Kier molecular flexibility index (Phi) is 5.79. The minimum Gasteiger partial charge on any atom is -0.478 e. The third kappa shape index (κ3) is 5.13. The normalized spacial score (nSPS) is 11.0. The highest BCUT2D eigenvalue weighted by atomic mass is 16.6. The lowest BCUT2D eigenvalue weighted by Crippen LogP contribution is -2.01. The number of ether oxygens (including phenoxy) is 1. The van der Waals surface area contributed by atoms with Crippen LogP contribution in [0.25, 0.3) is 0 Å². The lowest BCUT2D eigenvalue weighted by molar-refractivity contribution is -0.385. The van der Waals surface area contributed by atoms with E-state index in [1.165, 1.54) is 24.3 Å². The number of benzene rings is 2. The second-order valence-electron chi connectivity index (χ2n) is 5.92. The molecule has 0 atom stereocenters. The highest BCUT2D eigenvalue weighted by molar-refractivity contribution is 5.99. The third-order valence-corrected chi connectivity index (χ3v) is 3.91. The molecule has 0 fully saturated rings. The molecule has 146 valence electrons. The Bertz CT molecular complexity index is 1050. The van der Waals surface area contributed by atoms with E-state index >= 15 is 0 Å². The van der Waals surface area contributed by atoms with Crippen LogP contribution in [-0.4, -0.2) is 26.7 Å². The van der Waals surface area contributed by atoms with Crippen LogP contribution in [-0.2, 0) is 0 Å². The summed E-state index contributed by atoms with van der Waals surface area (Å²) in [7, 11) is 0. The summed E-state index contributed by atoms with van der Waals surface area (Å²) >= 11 is 0. The van der Waals surface area contributed by atoms with Gasteiger partial charge >= 0.3 is 5.97 Å². The van der Waals surface area contributed by atoms with Crippen molar-refractivity contribution in [2.45, 2.75) is 6.92 Å². The van der Waals surface area contributed by atoms with E-state index in [1.807, 2.05) is 12.1 Å². The first-order valence-corrected chi connectivity index (χ1v) is 8.45. The Hall–Kier alpha value is -4.27. The molecule has 9 nitrogen and oxygen atoms in total. The highest BCUT2D eigenvalue weighted by Crippen LogP contribution is 2.22. The van der Waals surface area contributed by atoms with Crippen molar-refractivity contribution in [2.75, 3.05) is 5.43 Å². The Labute approximate surface area is 165 Å². The number of anilines is 1. The Balaban J connectivity index is 1.63. The van der Waals surface area contributed by atoms with Crippen LogP contribution in [0.15, 0.2) is 72.0 Å². The van der Waals surface area contributed by atoms with Gasteiger partial charge in [-0.3, -0.25) is 15.5 Å². The number of carboxylic acid groups (broad SMARTS) is 1. The Morgan fingerprint density at radius 1 is 1.03 bits per heavy atom. The molecule has 1 aromatic heterocycles. The first kappa shape index (κ1) is 19.5. The van der Waals surface area contributed by atoms with Crippen LogP contribution in [0.5, 0.6) is 11.5 Å². The molecule has 0 aliphatic carbocycles. The second kappa shape index (κ2) is 8.61. The third-order valence-electron chi connectivity index (χ3n) is 3.91. The zero-order valence-corrected chi connectivity index (χ0v) is 15.3. The fourth-order valence-electron chi connectivity index (χ4n) is 2.33. The summed E-state index contributed by atoms with van der Waals surface area (Å²) < 4.78 is 5.69. The number of nitro groups is 1. The van der Waals surface area contributed by atoms with Gasteiger partial charge in [-0.15, -0.1) is 0 Å². The molecule has 0 saturated heterocycles. The molecule has 0 radical (unpaired) electrons. The van der Waals surface area contributed by atoms with Gasteiger partial charge in [0.2, 0.25) is 0 Å². The zero-order chi connectivity index (χ0) is 20.8. The van der Waals surface area contributed by atoms with Crippen LogP contribution in [0.2, 0.25) is 0 Å². The maximum Gasteiger partial charge on any atom is 0.335 e. The van der Waals surface area contributed by atoms with Crippen molar-refractivity contribution in [3.8, 4) is 11.5 Å². The molecule has 0 bridgehead atoms. The number of nitrogens with zero attached hydrogens (tertiary/aromatic N) is 3. The van der Waals surface area contributed by atoms with Gasteiger partial charge in [-0.25, -0.2) is 9.78 Å². The van der Waals surface area contributed by atoms with Crippen LogP contribution in [0.3, 0.4) is 0 Å². The Morgan fingerprint density at radius 2 is 1.62 bits per heavy atom. The molecule has 0 aliphatic rings. The van der Waals surface area contributed by atoms with Gasteiger partial charge in [0.15, 0.2) is 0 Å². The van der Waals surface area contributed by atoms with E-state index in [4.69, 9.17) is 9.84 Å². The number of aromatic carboxylic acids is 1. The van der Waals surface area contributed by atoms with Gasteiger partial charge in [-0.05, 0) is 67.1 Å². The van der Waals surface area contributed by atoms with Crippen LogP contribution >= 0.6 is 0 Å². The lowest BCUT2D eigenvalue weighted by Gasteiger charge is -2.07. The summed E-state index contributed by atoms with van der Waals surface area (Å²) in [4.78, 5) is 24.9. The largest absolute Gasteiger partial charge is 0.478 e. The van der Waals surface area contributed by atoms with Crippen LogP contribution < -0.4 is 10.2 Å². The number of carbonyl (C=O) groups is 1. The smallest absolute Gasteiger partial charge is 0.335 e. The van der Waals surface area contributed by atoms with Crippen LogP contribution in [0.1, 0.15) is 22.8 Å². The van der Waals surface area contributed by atoms with E-state index in [1.54, 1.807) is 31.2 Å². The molecule has 0 unspecified atom stereocenters. The minimum atomic E-state index is -0.992. The number of aromatic nitrogens is 1. The van der Waals surface area contributed by atoms with Crippen molar-refractivity contribution in [1.82, 2.24) is 4.98 Å². The molecule has 29 heavy (non-hydrogen) atoms. The second-order valence-corrected chi connectivity index (χ2v) is 5.92. The van der Waals surface area contributed by atoms with Gasteiger partial charge in [0.05, 0.1) is 16.2 Å². The number of pyridine rings is 1. The summed E-state index contributed by atoms with van der Waals surface area (Å²) in [5.74, 6) is 0.515. The number of hydrogen-bond donors (Lipinski definition) is 2. The molecule has 2 aromatic carbocycles. The van der Waals surface area contributed by atoms with Crippen molar-refractivity contribution in [1.29, 1.82) is 0 Å². The number of carboxylic acids is 1. The fourth-order valence-corrected chi connectivity index (χ4v) is 2.33. The van der Waals surface area contributed by atoms with E-state index < -0.39 is 10.9 Å². The van der Waals surface area contributed by atoms with E-state index in [2.05, 4.69) is 15.5 Å². The first-order chi connectivity index (χ1) is 13.9. The number of rotatable bonds is 7. The van der Waals surface area contributed by atoms with Crippen LogP contribution in [0.4, 0.5) is 11.5 Å². The monoisotopic (exact) mass is 392 g/mol. The van der Waals surface area contributed by atoms with Crippen molar-refractivity contribution in [3.63, 3.8) is 0 Å². The maximum absolute atomic E-state index is 10.9. The standard InChI is InChI=1S/C20H16N4O5/c1-13(22-23-19-11-6-16(12-21-19)24(27)28)14-2-7-17(8-3-14)29-18-9-4-15(5-10-18)20(25)26/h2-12H,1H3,(H,21,23)(H,25,26)/b22-13+. The van der Waals surface area contributed by atoms with E-state index in [0.717, 1.165) is 11.8 Å². The van der Waals surface area contributed by atoms with E-state index in [0.29, 0.717) is 23.0 Å². The molecule has 0 amide bonds. The molecule has 3 aromatic rings. The predicted molar refractivity (Wildman–Crippen MR) is 107 cm³/mol. The number of nitrogens with one attached hydrogen (secondary N) is 1. The Morgan fingerprint density at radius 3 is 2.10 bits per heavy atom. The van der Waals surface area contributed by atoms with Crippen molar-refractivity contribution < 1.29 is 19.6 Å². The quantitative estimate of drug-likeness (QED) is 0.348. The topological polar surface area (TPSA) is 127 Å². The van der Waals surface area contributed by atoms with Gasteiger partial charge < -0.3 is 9.84 Å². The lowest BCUT2D eigenvalue weighted by atomic mass is 10.1. The molecule has 0 aliphatic heterocycles. The maximum atomic E-state index is 10.9. The summed E-state index contributed by atoms with van der Waals surface area (Å²) in [5, 5.41) is 23.8. The van der Waals surface area contributed by atoms with Crippen LogP contribution in [0, 0.1) is 10.1 Å². The molecule has 1 heterocycles. The highest BCUT2D eigenvalue weighted by Gasteiger charge is 2.06. The van der Waals surface area contributed by atoms with Gasteiger partial charge in [-0.1, -0.05) is 0 Å². The van der Waals surface area contributed by atoms with Crippen molar-refractivity contribution in [2.24, 2.45) is 5.10 Å². The SMILES string of the molecule is C/C(=N\Nc1ccc([N+](=O)[O-])cn1)c1ccc(Oc2ccc(C(=O)O)cc2)cc1. The van der Waals surface area contributed by atoms with E-state index in [-0.39, 0.29) is 11.3 Å². The van der Waals surface area contributed by atoms with Crippen molar-refractivity contribution in [3.05, 3.63) is 88.1 Å². The van der Waals surface area contributed by atoms with Gasteiger partial charge in [0.25, 0.3) is 5.69 Å². The summed E-state index contributed by atoms with van der Waals surface area (Å²) in [5.41, 5.74) is 4.37. The first-order valence-electron chi connectivity index (χ1n) is 8.45. The average molecular weight is 392 g/mol. The van der Waals surface area contributed by atoms with Gasteiger partial charge in [0, 0.05) is 6.07 Å². The van der Waals surface area contributed by atoms with E-state index in [9.17, 15) is 14.9 Å². The average Bonchev–Trinajstić information content (AvgIpc) is 2.73. The summed E-state index contributed by atoms with van der Waals surface area (Å²) in [6.07, 6.45) is 1.16. The molecule has 3 rings (SSSR count). The molecular weight excluding hydrogens is 376 g/mol. The number of hydrazone groups is 1. The summed E-state index contributed by atoms with van der Waals surface area (Å²) in [6.45, 7) is 1.80. The number of hydrogen-bond acceptors (Lipinski definition) is 7. The zero-order valence-electron chi connectivity index (χ0n) is 15.3. The molecule has 0 spiro atoms.